The highest BCUT2D eigenvalue weighted by molar-refractivity contribution is 14.0. The molecule has 0 aliphatic rings. The second kappa shape index (κ2) is 11.6. The van der Waals surface area contributed by atoms with Crippen molar-refractivity contribution in [2.75, 3.05) is 6.54 Å². The highest BCUT2D eigenvalue weighted by Gasteiger charge is 2.36. The number of guanidine groups is 1. The zero-order chi connectivity index (χ0) is 18.2. The van der Waals surface area contributed by atoms with Crippen LogP contribution in [0.15, 0.2) is 11.2 Å². The lowest BCUT2D eigenvalue weighted by Crippen LogP contribution is -2.42. The molecule has 2 N–H and O–H groups in total. The molecule has 0 bridgehead atoms. The second-order valence-electron chi connectivity index (χ2n) is 5.91. The molecule has 146 valence electrons. The first-order chi connectivity index (χ1) is 11.3. The molecule has 0 saturated carbocycles. The Bertz CT molecular complexity index is 528. The van der Waals surface area contributed by atoms with Crippen LogP contribution in [0, 0.1) is 0 Å². The van der Waals surface area contributed by atoms with Gasteiger partial charge in [0.1, 0.15) is 0 Å². The average Bonchev–Trinajstić information content (AvgIpc) is 2.86. The summed E-state index contributed by atoms with van der Waals surface area (Å²) in [4.78, 5) is 4.28. The minimum atomic E-state index is -4.47. The van der Waals surface area contributed by atoms with Gasteiger partial charge in [-0.3, -0.25) is 4.68 Å². The summed E-state index contributed by atoms with van der Waals surface area (Å²) in [6.07, 6.45) is 1.34. The van der Waals surface area contributed by atoms with Crippen LogP contribution in [-0.2, 0) is 19.8 Å². The van der Waals surface area contributed by atoms with E-state index in [0.717, 1.165) is 19.3 Å². The number of unbranched alkanes of at least 4 members (excludes halogenated alkanes) is 2. The maximum Gasteiger partial charge on any atom is 0.435 e. The SMILES string of the molecule is CCCCCC(C)NC(=NCc1cn(C)nc1C(F)(F)F)NCC.I. The molecule has 5 nitrogen and oxygen atoms in total. The van der Waals surface area contributed by atoms with Crippen molar-refractivity contribution in [2.45, 2.75) is 65.2 Å². The van der Waals surface area contributed by atoms with Crippen molar-refractivity contribution in [1.29, 1.82) is 0 Å². The monoisotopic (exact) mass is 475 g/mol. The second-order valence-corrected chi connectivity index (χ2v) is 5.91. The number of hydrogen-bond acceptors (Lipinski definition) is 2. The normalized spacial score (nSPS) is 13.3. The first kappa shape index (κ1) is 24.0. The Hall–Kier alpha value is -1.00. The fraction of sp³-hybridized carbons (Fsp3) is 0.750. The molecule has 1 heterocycles. The fourth-order valence-electron chi connectivity index (χ4n) is 2.38. The van der Waals surface area contributed by atoms with E-state index in [2.05, 4.69) is 27.6 Å². The van der Waals surface area contributed by atoms with Crippen LogP contribution in [0.25, 0.3) is 0 Å². The highest BCUT2D eigenvalue weighted by atomic mass is 127. The first-order valence-electron chi connectivity index (χ1n) is 8.42. The van der Waals surface area contributed by atoms with Gasteiger partial charge in [-0.15, -0.1) is 24.0 Å². The summed E-state index contributed by atoms with van der Waals surface area (Å²) in [6.45, 7) is 6.69. The van der Waals surface area contributed by atoms with E-state index in [-0.39, 0.29) is 42.1 Å². The van der Waals surface area contributed by atoms with Gasteiger partial charge in [-0.25, -0.2) is 4.99 Å². The first-order valence-corrected chi connectivity index (χ1v) is 8.42. The van der Waals surface area contributed by atoms with Crippen LogP contribution >= 0.6 is 24.0 Å². The molecule has 1 rings (SSSR count). The van der Waals surface area contributed by atoms with Crippen molar-refractivity contribution in [2.24, 2.45) is 12.0 Å². The third-order valence-corrected chi connectivity index (χ3v) is 3.55. The number of aliphatic imine (C=N–C) groups is 1. The van der Waals surface area contributed by atoms with Crippen LogP contribution in [0.5, 0.6) is 0 Å². The zero-order valence-corrected chi connectivity index (χ0v) is 17.6. The standard InChI is InChI=1S/C16H28F3N5.HI/c1-5-7-8-9-12(3)22-15(20-6-2)21-10-13-11-24(4)23-14(13)16(17,18)19;/h11-12H,5-10H2,1-4H3,(H2,20,21,22);1H. The fourth-order valence-corrected chi connectivity index (χ4v) is 2.38. The Morgan fingerprint density at radius 3 is 2.56 bits per heavy atom. The summed E-state index contributed by atoms with van der Waals surface area (Å²) in [5, 5.41) is 9.81. The van der Waals surface area contributed by atoms with E-state index in [1.54, 1.807) is 0 Å². The van der Waals surface area contributed by atoms with Gasteiger partial charge in [0, 0.05) is 31.4 Å². The van der Waals surface area contributed by atoms with E-state index in [1.807, 2.05) is 13.8 Å². The number of nitrogens with zero attached hydrogens (tertiary/aromatic N) is 3. The van der Waals surface area contributed by atoms with E-state index in [9.17, 15) is 13.2 Å². The van der Waals surface area contributed by atoms with E-state index >= 15 is 0 Å². The minimum absolute atomic E-state index is 0. The van der Waals surface area contributed by atoms with Crippen LogP contribution in [0.4, 0.5) is 13.2 Å². The van der Waals surface area contributed by atoms with Crippen molar-refractivity contribution in [3.63, 3.8) is 0 Å². The third kappa shape index (κ3) is 8.77. The number of alkyl halides is 3. The predicted molar refractivity (Wildman–Crippen MR) is 105 cm³/mol. The van der Waals surface area contributed by atoms with E-state index in [1.165, 1.54) is 24.3 Å². The maximum atomic E-state index is 13.0. The van der Waals surface area contributed by atoms with Crippen LogP contribution in [0.1, 0.15) is 57.7 Å². The van der Waals surface area contributed by atoms with Crippen LogP contribution in [0.3, 0.4) is 0 Å². The lowest BCUT2D eigenvalue weighted by atomic mass is 10.1. The topological polar surface area (TPSA) is 54.2 Å². The molecular formula is C16H29F3IN5. The Kier molecular flexibility index (Phi) is 11.1. The van der Waals surface area contributed by atoms with Crippen molar-refractivity contribution in [1.82, 2.24) is 20.4 Å². The predicted octanol–water partition coefficient (Wildman–Crippen LogP) is 4.08. The summed E-state index contributed by atoms with van der Waals surface area (Å²) in [5.74, 6) is 0.526. The van der Waals surface area contributed by atoms with Gasteiger partial charge in [-0.05, 0) is 20.3 Å². The molecule has 0 aromatic carbocycles. The average molecular weight is 475 g/mol. The molecule has 0 aliphatic heterocycles. The van der Waals surface area contributed by atoms with Gasteiger partial charge < -0.3 is 10.6 Å². The Morgan fingerprint density at radius 2 is 2.00 bits per heavy atom. The summed E-state index contributed by atoms with van der Waals surface area (Å²) < 4.78 is 40.1. The number of halogens is 4. The molecule has 0 aliphatic carbocycles. The van der Waals surface area contributed by atoms with Crippen LogP contribution in [0.2, 0.25) is 0 Å². The number of aryl methyl sites for hydroxylation is 1. The van der Waals surface area contributed by atoms with Gasteiger partial charge in [-0.1, -0.05) is 26.2 Å². The Balaban J connectivity index is 0.00000576. The molecule has 0 saturated heterocycles. The smallest absolute Gasteiger partial charge is 0.357 e. The maximum absolute atomic E-state index is 13.0. The number of hydrogen-bond donors (Lipinski definition) is 2. The minimum Gasteiger partial charge on any atom is -0.357 e. The summed E-state index contributed by atoms with van der Waals surface area (Å²) >= 11 is 0. The summed E-state index contributed by atoms with van der Waals surface area (Å²) in [6, 6.07) is 0.213. The van der Waals surface area contributed by atoms with Crippen molar-refractivity contribution >= 4 is 29.9 Å². The molecule has 25 heavy (non-hydrogen) atoms. The summed E-state index contributed by atoms with van der Waals surface area (Å²) in [5.41, 5.74) is -0.804. The Morgan fingerprint density at radius 1 is 1.32 bits per heavy atom. The van der Waals surface area contributed by atoms with Crippen LogP contribution in [-0.4, -0.2) is 28.3 Å². The molecule has 1 aromatic rings. The molecule has 9 heteroatoms. The number of nitrogens with one attached hydrogen (secondary N) is 2. The van der Waals surface area contributed by atoms with Crippen LogP contribution < -0.4 is 10.6 Å². The molecule has 0 spiro atoms. The van der Waals surface area contributed by atoms with E-state index in [0.29, 0.717) is 12.5 Å². The quantitative estimate of drug-likeness (QED) is 0.258. The lowest BCUT2D eigenvalue weighted by Gasteiger charge is -2.17. The van der Waals surface area contributed by atoms with E-state index < -0.39 is 11.9 Å². The molecular weight excluding hydrogens is 446 g/mol. The molecule has 0 radical (unpaired) electrons. The Labute approximate surface area is 164 Å². The van der Waals surface area contributed by atoms with Gasteiger partial charge in [-0.2, -0.15) is 18.3 Å². The molecule has 1 atom stereocenters. The molecule has 1 aromatic heterocycles. The number of rotatable bonds is 8. The molecule has 1 unspecified atom stereocenters. The highest BCUT2D eigenvalue weighted by Crippen LogP contribution is 2.30. The van der Waals surface area contributed by atoms with Gasteiger partial charge in [0.05, 0.1) is 6.54 Å². The van der Waals surface area contributed by atoms with Gasteiger partial charge >= 0.3 is 6.18 Å². The summed E-state index contributed by atoms with van der Waals surface area (Å²) in [7, 11) is 1.47. The van der Waals surface area contributed by atoms with Gasteiger partial charge in [0.15, 0.2) is 11.7 Å². The van der Waals surface area contributed by atoms with Gasteiger partial charge in [0.2, 0.25) is 0 Å². The lowest BCUT2D eigenvalue weighted by molar-refractivity contribution is -0.142. The van der Waals surface area contributed by atoms with Crippen molar-refractivity contribution < 1.29 is 13.2 Å². The van der Waals surface area contributed by atoms with E-state index in [4.69, 9.17) is 0 Å². The largest absolute Gasteiger partial charge is 0.435 e. The molecule has 0 amide bonds. The molecule has 0 fully saturated rings. The van der Waals surface area contributed by atoms with Crippen molar-refractivity contribution in [3.05, 3.63) is 17.5 Å². The zero-order valence-electron chi connectivity index (χ0n) is 15.3. The number of aromatic nitrogens is 2. The van der Waals surface area contributed by atoms with Crippen molar-refractivity contribution in [3.8, 4) is 0 Å². The van der Waals surface area contributed by atoms with Gasteiger partial charge in [0.25, 0.3) is 0 Å². The third-order valence-electron chi connectivity index (χ3n) is 3.55.